The van der Waals surface area contributed by atoms with Gasteiger partial charge in [-0.25, -0.2) is 4.99 Å². The van der Waals surface area contributed by atoms with E-state index in [1.165, 1.54) is 114 Å². The number of phenolic OH excluding ortho intramolecular Hbond substituents is 1. The van der Waals surface area contributed by atoms with Gasteiger partial charge in [0, 0.05) is 78.5 Å². The number of furan rings is 1. The van der Waals surface area contributed by atoms with Crippen molar-refractivity contribution in [2.24, 2.45) is 69.2 Å². The molecule has 13 nitrogen and oxygen atoms in total. The van der Waals surface area contributed by atoms with Crippen LogP contribution in [0.2, 0.25) is 0 Å². The van der Waals surface area contributed by atoms with Crippen molar-refractivity contribution in [3.8, 4) is 11.5 Å². The number of nitrogens with zero attached hydrogens (tertiary/aromatic N) is 1. The molecule has 1 aromatic carbocycles. The maximum atomic E-state index is 11.8. The van der Waals surface area contributed by atoms with E-state index in [0.29, 0.717) is 90.9 Å². The van der Waals surface area contributed by atoms with Gasteiger partial charge in [-0.05, 0) is 198 Å². The first kappa shape index (κ1) is 58.3. The van der Waals surface area contributed by atoms with Gasteiger partial charge in [0.2, 0.25) is 0 Å². The van der Waals surface area contributed by atoms with E-state index in [4.69, 9.17) is 25.6 Å². The summed E-state index contributed by atoms with van der Waals surface area (Å²) in [6.07, 6.45) is 25.1. The summed E-state index contributed by atoms with van der Waals surface area (Å²) in [5, 5.41) is 61.0. The van der Waals surface area contributed by atoms with E-state index in [2.05, 4.69) is 28.6 Å². The van der Waals surface area contributed by atoms with Gasteiger partial charge in [0.25, 0.3) is 0 Å². The number of nitrogens with one attached hydrogen (secondary N) is 3. The molecule has 3 aromatic rings. The third-order valence-corrected chi connectivity index (χ3v) is 23.4. The zero-order valence-electron chi connectivity index (χ0n) is 47.2. The van der Waals surface area contributed by atoms with E-state index in [9.17, 15) is 25.5 Å². The molecule has 2 aromatic heterocycles. The quantitative estimate of drug-likeness (QED) is 0.0289. The minimum Gasteiger partial charge on any atom is -0.504 e. The lowest BCUT2D eigenvalue weighted by Gasteiger charge is -2.46. The van der Waals surface area contributed by atoms with Crippen molar-refractivity contribution < 1.29 is 34.7 Å². The summed E-state index contributed by atoms with van der Waals surface area (Å²) in [7, 11) is 3.99. The van der Waals surface area contributed by atoms with Crippen LogP contribution in [0, 0.1) is 52.8 Å². The van der Waals surface area contributed by atoms with E-state index in [1.54, 1.807) is 6.07 Å². The fourth-order valence-corrected chi connectivity index (χ4v) is 19.8. The molecule has 6 aliphatic carbocycles. The Kier molecular flexibility index (Phi) is 20.2. The SMILES string of the molecule is C[C@H](O)CN[C@H](CCCO)[C@@H]1c2cc([C@@H](O)COc3cc(CCc4cc(CO)c(CC[C@@H]5CC[C@H]6[C@H]7CSSC[C@@H](N=C(N)NC8CCCC8)[C@@H](C)CC[C@H]6[C@H](C5)C[C@H]7N)o4)ccc3O)[nH]c2CC2(CCCC2)[C@H]2CCC[C@@H]12. The normalized spacial score (nSPS) is 31.7. The monoisotopic (exact) mass is 1110 g/mol. The molecule has 0 radical (unpaired) electrons. The standard InChI is InChI=1S/C63H98N6O7S2/c1-38-14-20-46-42-27-40(16-21-47(46)50(52(64)30-42)36-77-78-37-56(38)69-62(65)67-44-9-3-4-10-44)18-23-59-43(34-71)29-45(76-59)19-15-41-17-22-57(73)60(28-41)75-35-58(74)54-31-49-55(68-54)32-63(24-5-6-25-63)51-12-7-11-48(51)61(49)53(13-8-26-70)66-33-39(2)72/h17,22,28-29,31,38-40,42,44,46-48,50-53,56,58,61,66,68,70-74H,3-16,18-21,23-27,30,32-37,64H2,1-2H3,(H3,65,67,69)/t38-,39-,40-,42+,46-,47+,48+,50+,51-,52+,53+,56+,58-,61-/m0/s1. The molecule has 0 unspecified atom stereocenters. The average Bonchev–Trinajstić information content (AvgIpc) is 4.49. The fourth-order valence-electron chi connectivity index (χ4n) is 17.0. The number of nitrogens with two attached hydrogens (primary N) is 2. The van der Waals surface area contributed by atoms with Gasteiger partial charge in [-0.2, -0.15) is 0 Å². The maximum absolute atomic E-state index is 11.8. The van der Waals surface area contributed by atoms with Crippen LogP contribution in [0.5, 0.6) is 11.5 Å². The Labute approximate surface area is 474 Å². The first-order valence-corrected chi connectivity index (χ1v) is 33.5. The van der Waals surface area contributed by atoms with Crippen molar-refractivity contribution in [3.63, 3.8) is 0 Å². The summed E-state index contributed by atoms with van der Waals surface area (Å²) < 4.78 is 12.8. The molecule has 10 rings (SSSR count). The van der Waals surface area contributed by atoms with E-state index in [0.717, 1.165) is 72.0 Å². The van der Waals surface area contributed by atoms with Gasteiger partial charge in [0.15, 0.2) is 17.5 Å². The average molecular weight is 1120 g/mol. The van der Waals surface area contributed by atoms with Crippen LogP contribution < -0.4 is 26.8 Å². The fraction of sp³-hybridized carbons (Fsp3) is 0.762. The number of rotatable bonds is 20. The lowest BCUT2D eigenvalue weighted by atomic mass is 9.62. The number of ether oxygens (including phenoxy) is 1. The topological polar surface area (TPSA) is 228 Å². The summed E-state index contributed by atoms with van der Waals surface area (Å²) in [4.78, 5) is 8.86. The number of aliphatic hydroxyl groups excluding tert-OH is 4. The van der Waals surface area contributed by atoms with Crippen LogP contribution in [0.3, 0.4) is 0 Å². The Morgan fingerprint density at radius 3 is 2.50 bits per heavy atom. The van der Waals surface area contributed by atoms with Gasteiger partial charge < -0.3 is 61.8 Å². The minimum atomic E-state index is -0.938. The number of phenols is 1. The molecule has 12 N–H and O–H groups in total. The van der Waals surface area contributed by atoms with E-state index in [1.807, 2.05) is 46.7 Å². The molecular formula is C63H98N6O7S2. The number of aromatic amines is 1. The molecule has 6 fully saturated rings. The summed E-state index contributed by atoms with van der Waals surface area (Å²) in [5.41, 5.74) is 19.0. The number of benzene rings is 1. The highest BCUT2D eigenvalue weighted by atomic mass is 33.1. The number of aliphatic imine (C=N–C) groups is 1. The first-order chi connectivity index (χ1) is 37.9. The van der Waals surface area contributed by atoms with Gasteiger partial charge >= 0.3 is 0 Å². The molecule has 1 spiro atoms. The van der Waals surface area contributed by atoms with Crippen molar-refractivity contribution >= 4 is 27.5 Å². The zero-order valence-corrected chi connectivity index (χ0v) is 48.9. The summed E-state index contributed by atoms with van der Waals surface area (Å²) in [6.45, 7) is 4.78. The van der Waals surface area contributed by atoms with Crippen molar-refractivity contribution in [1.29, 1.82) is 0 Å². The summed E-state index contributed by atoms with van der Waals surface area (Å²) in [6, 6.07) is 10.7. The van der Waals surface area contributed by atoms with Crippen LogP contribution in [0.15, 0.2) is 39.7 Å². The molecule has 1 aliphatic heterocycles. The molecule has 15 heteroatoms. The second-order valence-corrected chi connectivity index (χ2v) is 28.6. The van der Waals surface area contributed by atoms with Crippen LogP contribution in [0.4, 0.5) is 0 Å². The van der Waals surface area contributed by atoms with Crippen LogP contribution in [-0.4, -0.2) is 98.0 Å². The molecule has 78 heavy (non-hydrogen) atoms. The van der Waals surface area contributed by atoms with Crippen LogP contribution in [0.25, 0.3) is 0 Å². The molecule has 434 valence electrons. The lowest BCUT2D eigenvalue weighted by Crippen LogP contribution is -2.47. The zero-order chi connectivity index (χ0) is 54.3. The second-order valence-electron chi connectivity index (χ2n) is 26.0. The Morgan fingerprint density at radius 1 is 0.897 bits per heavy atom. The molecule has 1 saturated heterocycles. The van der Waals surface area contributed by atoms with Gasteiger partial charge in [-0.3, -0.25) is 0 Å². The molecule has 3 heterocycles. The van der Waals surface area contributed by atoms with E-state index >= 15 is 0 Å². The highest BCUT2D eigenvalue weighted by molar-refractivity contribution is 8.76. The highest BCUT2D eigenvalue weighted by Crippen LogP contribution is 2.61. The third kappa shape index (κ3) is 13.8. The number of aliphatic hydroxyl groups is 4. The smallest absolute Gasteiger partial charge is 0.189 e. The predicted octanol–water partition coefficient (Wildman–Crippen LogP) is 10.4. The Bertz CT molecular complexity index is 2400. The molecule has 4 bridgehead atoms. The number of hydrogen-bond acceptors (Lipinski definition) is 12. The summed E-state index contributed by atoms with van der Waals surface area (Å²) >= 11 is 0. The molecule has 0 amide bonds. The highest BCUT2D eigenvalue weighted by Gasteiger charge is 2.53. The summed E-state index contributed by atoms with van der Waals surface area (Å²) in [5.74, 6) is 9.82. The first-order valence-electron chi connectivity index (χ1n) is 31.1. The largest absolute Gasteiger partial charge is 0.504 e. The second kappa shape index (κ2) is 27.0. The molecule has 7 aliphatic rings. The van der Waals surface area contributed by atoms with Gasteiger partial charge in [0.1, 0.15) is 24.2 Å². The van der Waals surface area contributed by atoms with Crippen molar-refractivity contribution in [1.82, 2.24) is 15.6 Å². The van der Waals surface area contributed by atoms with E-state index < -0.39 is 12.2 Å². The van der Waals surface area contributed by atoms with Crippen LogP contribution in [-0.2, 0) is 32.3 Å². The van der Waals surface area contributed by atoms with Gasteiger partial charge in [-0.15, -0.1) is 0 Å². The van der Waals surface area contributed by atoms with Crippen molar-refractivity contribution in [3.05, 3.63) is 69.9 Å². The Balaban J connectivity index is 0.755. The number of guanidine groups is 1. The number of aryl methyl sites for hydroxylation is 3. The number of aromatic hydroxyl groups is 1. The predicted molar refractivity (Wildman–Crippen MR) is 316 cm³/mol. The number of aromatic nitrogens is 1. The van der Waals surface area contributed by atoms with Crippen molar-refractivity contribution in [2.45, 2.75) is 217 Å². The molecule has 5 saturated carbocycles. The van der Waals surface area contributed by atoms with Crippen molar-refractivity contribution in [2.75, 3.05) is 31.3 Å². The Hall–Kier alpha value is -2.89. The number of fused-ring (bicyclic) bond motifs is 3. The maximum Gasteiger partial charge on any atom is 0.189 e. The van der Waals surface area contributed by atoms with Gasteiger partial charge in [0.05, 0.1) is 18.8 Å². The third-order valence-electron chi connectivity index (χ3n) is 21.0. The Morgan fingerprint density at radius 2 is 1.71 bits per heavy atom. The minimum absolute atomic E-state index is 0.0218. The number of hydrogen-bond donors (Lipinski definition) is 10. The lowest BCUT2D eigenvalue weighted by molar-refractivity contribution is 0.0716. The molecular weight excluding hydrogens is 1020 g/mol. The van der Waals surface area contributed by atoms with E-state index in [-0.39, 0.29) is 55.0 Å². The van der Waals surface area contributed by atoms with Crippen LogP contribution in [0.1, 0.15) is 194 Å². The van der Waals surface area contributed by atoms with Crippen LogP contribution >= 0.6 is 21.6 Å². The van der Waals surface area contributed by atoms with Gasteiger partial charge in [-0.1, -0.05) is 73.1 Å². The molecule has 14 atom stereocenters. The number of H-pyrrole nitrogens is 1.